The van der Waals surface area contributed by atoms with E-state index in [0.717, 1.165) is 16.2 Å². The van der Waals surface area contributed by atoms with Gasteiger partial charge in [0, 0.05) is 17.9 Å². The highest BCUT2D eigenvalue weighted by Gasteiger charge is 2.17. The van der Waals surface area contributed by atoms with Crippen LogP contribution in [0.2, 0.25) is 0 Å². The first-order valence-electron chi connectivity index (χ1n) is 5.60. The van der Waals surface area contributed by atoms with E-state index in [1.165, 1.54) is 24.3 Å². The first-order chi connectivity index (χ1) is 9.42. The summed E-state index contributed by atoms with van der Waals surface area (Å²) in [6, 6.07) is 7.02. The Kier molecular flexibility index (Phi) is 4.79. The molecule has 2 N–H and O–H groups in total. The lowest BCUT2D eigenvalue weighted by atomic mass is 10.3. The van der Waals surface area contributed by atoms with Crippen LogP contribution < -0.4 is 4.72 Å². The summed E-state index contributed by atoms with van der Waals surface area (Å²) >= 11 is 4.09. The van der Waals surface area contributed by atoms with Crippen LogP contribution in [-0.4, -0.2) is 20.1 Å². The van der Waals surface area contributed by atoms with Gasteiger partial charge < -0.3 is 5.11 Å². The van der Waals surface area contributed by atoms with Gasteiger partial charge >= 0.3 is 0 Å². The Morgan fingerprint density at radius 1 is 1.30 bits per heavy atom. The lowest BCUT2D eigenvalue weighted by molar-refractivity contribution is 0.300. The van der Waals surface area contributed by atoms with Crippen LogP contribution in [0, 0.1) is 5.82 Å². The fourth-order valence-electron chi connectivity index (χ4n) is 1.51. The molecule has 20 heavy (non-hydrogen) atoms. The van der Waals surface area contributed by atoms with Crippen LogP contribution in [0.5, 0.6) is 0 Å². The van der Waals surface area contributed by atoms with Crippen LogP contribution >= 0.6 is 27.3 Å². The number of halogens is 2. The molecule has 0 spiro atoms. The molecule has 0 unspecified atom stereocenters. The number of sulfonamides is 1. The Morgan fingerprint density at radius 3 is 2.70 bits per heavy atom. The summed E-state index contributed by atoms with van der Waals surface area (Å²) < 4.78 is 40.1. The van der Waals surface area contributed by atoms with E-state index >= 15 is 0 Å². The number of rotatable bonds is 5. The molecule has 108 valence electrons. The van der Waals surface area contributed by atoms with Crippen molar-refractivity contribution >= 4 is 43.0 Å². The zero-order valence-corrected chi connectivity index (χ0v) is 13.4. The third-order valence-corrected chi connectivity index (χ3v) is 6.06. The zero-order valence-electron chi connectivity index (χ0n) is 10.1. The number of aliphatic hydroxyl groups excluding tert-OH is 1. The van der Waals surface area contributed by atoms with Gasteiger partial charge in [-0.15, -0.1) is 11.3 Å². The number of aliphatic hydroxyl groups is 1. The minimum absolute atomic E-state index is 0.0294. The maximum Gasteiger partial charge on any atom is 0.271 e. The molecule has 0 aliphatic carbocycles. The summed E-state index contributed by atoms with van der Waals surface area (Å²) in [6.45, 7) is -0.0294. The summed E-state index contributed by atoms with van der Waals surface area (Å²) in [5.41, 5.74) is 0.274. The SMILES string of the molecule is O=S(=O)(Nc1ccc(F)c(Br)c1)c1ccc(CCO)s1. The van der Waals surface area contributed by atoms with E-state index in [0.29, 0.717) is 6.42 Å². The third kappa shape index (κ3) is 3.57. The van der Waals surface area contributed by atoms with E-state index in [-0.39, 0.29) is 21.0 Å². The van der Waals surface area contributed by atoms with Crippen molar-refractivity contribution in [3.63, 3.8) is 0 Å². The minimum atomic E-state index is -3.70. The van der Waals surface area contributed by atoms with E-state index in [4.69, 9.17) is 5.11 Å². The van der Waals surface area contributed by atoms with Crippen molar-refractivity contribution in [3.8, 4) is 0 Å². The van der Waals surface area contributed by atoms with Crippen LogP contribution in [0.15, 0.2) is 39.0 Å². The Hall–Kier alpha value is -0.960. The molecule has 0 saturated heterocycles. The van der Waals surface area contributed by atoms with Gasteiger partial charge in [0.25, 0.3) is 10.0 Å². The van der Waals surface area contributed by atoms with Crippen LogP contribution in [0.3, 0.4) is 0 Å². The number of thiophene rings is 1. The second-order valence-electron chi connectivity index (χ2n) is 3.93. The number of anilines is 1. The van der Waals surface area contributed by atoms with Crippen molar-refractivity contribution in [2.24, 2.45) is 0 Å². The predicted octanol–water partition coefficient (Wildman–Crippen LogP) is 2.99. The van der Waals surface area contributed by atoms with Crippen molar-refractivity contribution in [2.45, 2.75) is 10.6 Å². The Morgan fingerprint density at radius 2 is 2.05 bits per heavy atom. The number of nitrogens with one attached hydrogen (secondary N) is 1. The molecule has 0 aliphatic rings. The molecule has 0 amide bonds. The molecule has 4 nitrogen and oxygen atoms in total. The first kappa shape index (κ1) is 15.4. The van der Waals surface area contributed by atoms with Gasteiger partial charge in [-0.25, -0.2) is 12.8 Å². The molecule has 0 radical (unpaired) electrons. The second-order valence-corrected chi connectivity index (χ2v) is 7.86. The normalized spacial score (nSPS) is 11.6. The molecule has 0 saturated carbocycles. The van der Waals surface area contributed by atoms with E-state index in [2.05, 4.69) is 20.7 Å². The quantitative estimate of drug-likeness (QED) is 0.838. The van der Waals surface area contributed by atoms with E-state index < -0.39 is 15.8 Å². The fraction of sp³-hybridized carbons (Fsp3) is 0.167. The lowest BCUT2D eigenvalue weighted by Gasteiger charge is -2.06. The molecule has 8 heteroatoms. The average Bonchev–Trinajstić information content (AvgIpc) is 2.83. The second kappa shape index (κ2) is 6.21. The average molecular weight is 380 g/mol. The Balaban J connectivity index is 2.23. The van der Waals surface area contributed by atoms with Crippen LogP contribution in [0.4, 0.5) is 10.1 Å². The van der Waals surface area contributed by atoms with Crippen molar-refractivity contribution < 1.29 is 17.9 Å². The molecule has 0 atom stereocenters. The highest BCUT2D eigenvalue weighted by Crippen LogP contribution is 2.26. The highest BCUT2D eigenvalue weighted by molar-refractivity contribution is 9.10. The monoisotopic (exact) mass is 379 g/mol. The van der Waals surface area contributed by atoms with Gasteiger partial charge in [0.15, 0.2) is 0 Å². The van der Waals surface area contributed by atoms with Gasteiger partial charge in [-0.1, -0.05) is 0 Å². The Bertz CT molecular complexity index is 715. The predicted molar refractivity (Wildman–Crippen MR) is 80.0 cm³/mol. The summed E-state index contributed by atoms with van der Waals surface area (Å²) in [4.78, 5) is 0.785. The van der Waals surface area contributed by atoms with E-state index in [1.54, 1.807) is 6.07 Å². The maximum atomic E-state index is 13.1. The molecular weight excluding hydrogens is 369 g/mol. The minimum Gasteiger partial charge on any atom is -0.396 e. The third-order valence-electron chi connectivity index (χ3n) is 2.43. The summed E-state index contributed by atoms with van der Waals surface area (Å²) in [6.07, 6.45) is 0.419. The zero-order chi connectivity index (χ0) is 14.8. The molecule has 0 bridgehead atoms. The van der Waals surface area contributed by atoms with Crippen molar-refractivity contribution in [1.29, 1.82) is 0 Å². The molecule has 0 fully saturated rings. The van der Waals surface area contributed by atoms with Crippen molar-refractivity contribution in [1.82, 2.24) is 0 Å². The van der Waals surface area contributed by atoms with Crippen molar-refractivity contribution in [3.05, 3.63) is 45.5 Å². The number of benzene rings is 1. The maximum absolute atomic E-state index is 13.1. The van der Waals surface area contributed by atoms with Gasteiger partial charge in [0.2, 0.25) is 0 Å². The summed E-state index contributed by atoms with van der Waals surface area (Å²) in [5.74, 6) is -0.464. The molecule has 2 rings (SSSR count). The highest BCUT2D eigenvalue weighted by atomic mass is 79.9. The van der Waals surface area contributed by atoms with Crippen molar-refractivity contribution in [2.75, 3.05) is 11.3 Å². The molecule has 2 aromatic rings. The summed E-state index contributed by atoms with van der Waals surface area (Å²) in [7, 11) is -3.70. The van der Waals surface area contributed by atoms with E-state index in [1.807, 2.05) is 0 Å². The molecule has 1 heterocycles. The number of hydrogen-bond donors (Lipinski definition) is 2. The largest absolute Gasteiger partial charge is 0.396 e. The fourth-order valence-corrected chi connectivity index (χ4v) is 4.29. The van der Waals surface area contributed by atoms with Gasteiger partial charge in [-0.3, -0.25) is 4.72 Å². The van der Waals surface area contributed by atoms with Crippen LogP contribution in [0.1, 0.15) is 4.88 Å². The first-order valence-corrected chi connectivity index (χ1v) is 8.69. The smallest absolute Gasteiger partial charge is 0.271 e. The molecular formula is C12H11BrFNO3S2. The number of hydrogen-bond acceptors (Lipinski definition) is 4. The topological polar surface area (TPSA) is 66.4 Å². The Labute approximate surface area is 128 Å². The molecule has 1 aromatic heterocycles. The summed E-state index contributed by atoms with van der Waals surface area (Å²) in [5, 5.41) is 8.82. The van der Waals surface area contributed by atoms with Crippen LogP contribution in [0.25, 0.3) is 0 Å². The van der Waals surface area contributed by atoms with Gasteiger partial charge in [-0.05, 0) is 46.3 Å². The van der Waals surface area contributed by atoms with Crippen LogP contribution in [-0.2, 0) is 16.4 Å². The standard InChI is InChI=1S/C12H11BrFNO3S2/c13-10-7-8(1-3-11(10)14)15-20(17,18)12-4-2-9(19-12)5-6-16/h1-4,7,15-16H,5-6H2. The van der Waals surface area contributed by atoms with Gasteiger partial charge in [-0.2, -0.15) is 0 Å². The van der Waals surface area contributed by atoms with E-state index in [9.17, 15) is 12.8 Å². The lowest BCUT2D eigenvalue weighted by Crippen LogP contribution is -2.11. The molecule has 0 aliphatic heterocycles. The molecule has 1 aromatic carbocycles. The van der Waals surface area contributed by atoms with Gasteiger partial charge in [0.05, 0.1) is 10.2 Å². The van der Waals surface area contributed by atoms with Gasteiger partial charge in [0.1, 0.15) is 10.0 Å².